The van der Waals surface area contributed by atoms with E-state index in [9.17, 15) is 8.42 Å². The lowest BCUT2D eigenvalue weighted by atomic mass is 10.1. The summed E-state index contributed by atoms with van der Waals surface area (Å²) < 4.78 is 33.1. The topological polar surface area (TPSA) is 71.5 Å². The van der Waals surface area contributed by atoms with Crippen molar-refractivity contribution in [3.05, 3.63) is 41.7 Å². The second-order valence-corrected chi connectivity index (χ2v) is 7.92. The van der Waals surface area contributed by atoms with Crippen LogP contribution in [0.25, 0.3) is 0 Å². The molecule has 0 aliphatic carbocycles. The summed E-state index contributed by atoms with van der Waals surface area (Å²) in [5.41, 5.74) is 1.38. The number of pyridine rings is 1. The number of hydrogen-bond donors (Lipinski definition) is 1. The number of methoxy groups -OCH3 is 1. The van der Waals surface area contributed by atoms with Gasteiger partial charge in [-0.25, -0.2) is 13.4 Å². The van der Waals surface area contributed by atoms with Crippen LogP contribution in [0.5, 0.6) is 5.75 Å². The monoisotopic (exact) mass is 381 g/mol. The Bertz CT molecular complexity index is 835. The van der Waals surface area contributed by atoms with Gasteiger partial charge in [-0.3, -0.25) is 4.72 Å². The van der Waals surface area contributed by atoms with E-state index in [1.54, 1.807) is 6.07 Å². The first-order valence-corrected chi connectivity index (χ1v) is 9.93. The number of anilines is 2. The van der Waals surface area contributed by atoms with Crippen LogP contribution in [0.1, 0.15) is 19.3 Å². The fraction of sp³-hybridized carbons (Fsp3) is 0.353. The van der Waals surface area contributed by atoms with Gasteiger partial charge in [-0.1, -0.05) is 11.6 Å². The van der Waals surface area contributed by atoms with Crippen molar-refractivity contribution in [3.8, 4) is 5.75 Å². The number of nitrogens with one attached hydrogen (secondary N) is 1. The van der Waals surface area contributed by atoms with Crippen molar-refractivity contribution in [3.63, 3.8) is 0 Å². The number of sulfonamides is 1. The summed E-state index contributed by atoms with van der Waals surface area (Å²) in [5, 5.41) is 0.239. The Morgan fingerprint density at radius 2 is 1.92 bits per heavy atom. The summed E-state index contributed by atoms with van der Waals surface area (Å²) in [6, 6.07) is 8.40. The molecule has 3 rings (SSSR count). The van der Waals surface area contributed by atoms with Crippen LogP contribution >= 0.6 is 11.6 Å². The number of piperidine rings is 1. The van der Waals surface area contributed by atoms with E-state index in [2.05, 4.69) is 14.6 Å². The second kappa shape index (κ2) is 7.49. The highest BCUT2D eigenvalue weighted by Crippen LogP contribution is 2.32. The number of hydrogen-bond acceptors (Lipinski definition) is 5. The van der Waals surface area contributed by atoms with Gasteiger partial charge in [-0.15, -0.1) is 0 Å². The van der Waals surface area contributed by atoms with E-state index in [0.29, 0.717) is 11.4 Å². The average Bonchev–Trinajstić information content (AvgIpc) is 2.62. The largest absolute Gasteiger partial charge is 0.495 e. The third-order valence-corrected chi connectivity index (χ3v) is 5.73. The highest BCUT2D eigenvalue weighted by Gasteiger charge is 2.19. The van der Waals surface area contributed by atoms with Gasteiger partial charge >= 0.3 is 0 Å². The molecule has 0 radical (unpaired) electrons. The quantitative estimate of drug-likeness (QED) is 0.802. The van der Waals surface area contributed by atoms with Crippen molar-refractivity contribution < 1.29 is 13.2 Å². The summed E-state index contributed by atoms with van der Waals surface area (Å²) in [6.07, 6.45) is 4.74. The first-order chi connectivity index (χ1) is 12.0. The van der Waals surface area contributed by atoms with Crippen LogP contribution in [0.2, 0.25) is 5.15 Å². The van der Waals surface area contributed by atoms with Gasteiger partial charge in [-0.2, -0.15) is 0 Å². The maximum Gasteiger partial charge on any atom is 0.263 e. The van der Waals surface area contributed by atoms with Gasteiger partial charge in [0, 0.05) is 25.0 Å². The molecular formula is C17H20ClN3O3S. The molecular weight excluding hydrogens is 362 g/mol. The molecule has 134 valence electrons. The number of rotatable bonds is 5. The Kier molecular flexibility index (Phi) is 5.34. The molecule has 0 amide bonds. The van der Waals surface area contributed by atoms with Crippen LogP contribution in [-0.4, -0.2) is 33.6 Å². The molecule has 1 aromatic heterocycles. The van der Waals surface area contributed by atoms with Crippen LogP contribution in [-0.2, 0) is 10.0 Å². The molecule has 1 aliphatic rings. The molecule has 0 atom stereocenters. The van der Waals surface area contributed by atoms with Crippen molar-refractivity contribution in [2.75, 3.05) is 29.8 Å². The lowest BCUT2D eigenvalue weighted by Gasteiger charge is -2.29. The highest BCUT2D eigenvalue weighted by atomic mass is 35.5. The smallest absolute Gasteiger partial charge is 0.263 e. The molecule has 1 aliphatic heterocycles. The number of ether oxygens (including phenoxy) is 1. The van der Waals surface area contributed by atoms with E-state index in [4.69, 9.17) is 16.3 Å². The van der Waals surface area contributed by atoms with Crippen molar-refractivity contribution >= 4 is 33.0 Å². The molecule has 0 bridgehead atoms. The van der Waals surface area contributed by atoms with Gasteiger partial charge in [0.25, 0.3) is 10.0 Å². The van der Waals surface area contributed by atoms with Crippen LogP contribution in [0.3, 0.4) is 0 Å². The third-order valence-electron chi connectivity index (χ3n) is 4.16. The predicted molar refractivity (Wildman–Crippen MR) is 99.1 cm³/mol. The molecule has 1 aromatic carbocycles. The van der Waals surface area contributed by atoms with E-state index in [0.717, 1.165) is 31.6 Å². The Hall–Kier alpha value is -1.99. The van der Waals surface area contributed by atoms with Crippen molar-refractivity contribution in [2.24, 2.45) is 0 Å². The molecule has 0 unspecified atom stereocenters. The number of halogens is 1. The van der Waals surface area contributed by atoms with E-state index in [1.807, 2.05) is 12.1 Å². The zero-order valence-corrected chi connectivity index (χ0v) is 15.5. The zero-order valence-electron chi connectivity index (χ0n) is 13.9. The minimum atomic E-state index is -3.78. The van der Waals surface area contributed by atoms with Gasteiger partial charge < -0.3 is 9.64 Å². The van der Waals surface area contributed by atoms with Gasteiger partial charge in [0.1, 0.15) is 15.8 Å². The molecule has 25 heavy (non-hydrogen) atoms. The van der Waals surface area contributed by atoms with Gasteiger partial charge in [0.15, 0.2) is 0 Å². The van der Waals surface area contributed by atoms with E-state index >= 15 is 0 Å². The van der Waals surface area contributed by atoms with Crippen LogP contribution < -0.4 is 14.4 Å². The van der Waals surface area contributed by atoms with Gasteiger partial charge in [0.05, 0.1) is 12.8 Å². The van der Waals surface area contributed by atoms with E-state index in [-0.39, 0.29) is 10.0 Å². The minimum absolute atomic E-state index is 0.0438. The second-order valence-electron chi connectivity index (χ2n) is 5.85. The zero-order chi connectivity index (χ0) is 17.9. The van der Waals surface area contributed by atoms with Crippen molar-refractivity contribution in [1.29, 1.82) is 0 Å². The van der Waals surface area contributed by atoms with E-state index in [1.165, 1.54) is 31.9 Å². The Morgan fingerprint density at radius 3 is 2.56 bits per heavy atom. The lowest BCUT2D eigenvalue weighted by Crippen LogP contribution is -2.29. The molecule has 0 saturated carbocycles. The molecule has 8 heteroatoms. The average molecular weight is 382 g/mol. The molecule has 1 N–H and O–H groups in total. The molecule has 1 fully saturated rings. The minimum Gasteiger partial charge on any atom is -0.495 e. The summed E-state index contributed by atoms with van der Waals surface area (Å²) >= 11 is 5.72. The fourth-order valence-corrected chi connectivity index (χ4v) is 3.97. The standard InChI is InChI=1S/C17H20ClN3O3S/c1-24-16-7-5-13(21-9-3-2-4-10-21)11-15(16)20-25(22,23)14-6-8-17(18)19-12-14/h5-8,11-12,20H,2-4,9-10H2,1H3. The number of aromatic nitrogens is 1. The Balaban J connectivity index is 1.90. The molecule has 6 nitrogen and oxygen atoms in total. The summed E-state index contributed by atoms with van der Waals surface area (Å²) in [6.45, 7) is 1.94. The molecule has 2 heterocycles. The molecule has 2 aromatic rings. The third kappa shape index (κ3) is 4.16. The first kappa shape index (κ1) is 17.8. The maximum atomic E-state index is 12.6. The lowest BCUT2D eigenvalue weighted by molar-refractivity contribution is 0.417. The van der Waals surface area contributed by atoms with Crippen molar-refractivity contribution in [2.45, 2.75) is 24.2 Å². The first-order valence-electron chi connectivity index (χ1n) is 8.07. The summed E-state index contributed by atoms with van der Waals surface area (Å²) in [4.78, 5) is 6.13. The fourth-order valence-electron chi connectivity index (χ4n) is 2.85. The van der Waals surface area contributed by atoms with E-state index < -0.39 is 10.0 Å². The molecule has 0 spiro atoms. The Labute approximate surface area is 152 Å². The van der Waals surface area contributed by atoms with Crippen LogP contribution in [0.4, 0.5) is 11.4 Å². The highest BCUT2D eigenvalue weighted by molar-refractivity contribution is 7.92. The van der Waals surface area contributed by atoms with Gasteiger partial charge in [0.2, 0.25) is 0 Å². The summed E-state index contributed by atoms with van der Waals surface area (Å²) in [5.74, 6) is 0.464. The van der Waals surface area contributed by atoms with Gasteiger partial charge in [-0.05, 0) is 49.6 Å². The van der Waals surface area contributed by atoms with Crippen LogP contribution in [0, 0.1) is 0 Å². The normalized spacial score (nSPS) is 15.0. The SMILES string of the molecule is COc1ccc(N2CCCCC2)cc1NS(=O)(=O)c1ccc(Cl)nc1. The number of nitrogens with zero attached hydrogens (tertiary/aromatic N) is 2. The van der Waals surface area contributed by atoms with Crippen LogP contribution in [0.15, 0.2) is 41.4 Å². The summed E-state index contributed by atoms with van der Waals surface area (Å²) in [7, 11) is -2.27. The predicted octanol–water partition coefficient (Wildman–Crippen LogP) is 3.53. The Morgan fingerprint density at radius 1 is 1.16 bits per heavy atom. The molecule has 1 saturated heterocycles. The maximum absolute atomic E-state index is 12.6. The van der Waals surface area contributed by atoms with Crippen molar-refractivity contribution in [1.82, 2.24) is 4.98 Å². The number of benzene rings is 1.